The summed E-state index contributed by atoms with van der Waals surface area (Å²) in [6, 6.07) is 27.9. The summed E-state index contributed by atoms with van der Waals surface area (Å²) in [5.74, 6) is 0.811. The van der Waals surface area contributed by atoms with E-state index in [1.54, 1.807) is 4.90 Å². The first-order valence-corrected chi connectivity index (χ1v) is 9.50. The molecule has 1 aliphatic heterocycles. The SMILES string of the molecule is CC(Oc1ccc(CN2CC(c3ccccc3)OC2=O)cc1)c1ccccc1. The van der Waals surface area contributed by atoms with Gasteiger partial charge in [0.2, 0.25) is 0 Å². The minimum Gasteiger partial charge on any atom is -0.486 e. The van der Waals surface area contributed by atoms with Crippen LogP contribution in [0.15, 0.2) is 84.9 Å². The number of ether oxygens (including phenoxy) is 2. The van der Waals surface area contributed by atoms with Crippen LogP contribution in [-0.4, -0.2) is 17.5 Å². The first-order valence-electron chi connectivity index (χ1n) is 9.50. The van der Waals surface area contributed by atoms with E-state index < -0.39 is 0 Å². The van der Waals surface area contributed by atoms with Gasteiger partial charge >= 0.3 is 6.09 Å². The van der Waals surface area contributed by atoms with Gasteiger partial charge in [0, 0.05) is 6.54 Å². The number of amides is 1. The predicted molar refractivity (Wildman–Crippen MR) is 108 cm³/mol. The Morgan fingerprint density at radius 3 is 2.29 bits per heavy atom. The molecular weight excluding hydrogens is 350 g/mol. The zero-order chi connectivity index (χ0) is 19.3. The molecule has 0 spiro atoms. The molecule has 4 nitrogen and oxygen atoms in total. The zero-order valence-electron chi connectivity index (χ0n) is 15.8. The number of carbonyl (C=O) groups is 1. The van der Waals surface area contributed by atoms with Crippen molar-refractivity contribution in [1.82, 2.24) is 4.90 Å². The third-order valence-electron chi connectivity index (χ3n) is 4.94. The van der Waals surface area contributed by atoms with Gasteiger partial charge in [-0.15, -0.1) is 0 Å². The molecule has 1 fully saturated rings. The number of hydrogen-bond donors (Lipinski definition) is 0. The van der Waals surface area contributed by atoms with Crippen LogP contribution in [0.1, 0.15) is 35.8 Å². The van der Waals surface area contributed by atoms with E-state index in [1.807, 2.05) is 79.7 Å². The fourth-order valence-electron chi connectivity index (χ4n) is 3.37. The van der Waals surface area contributed by atoms with E-state index in [1.165, 1.54) is 0 Å². The Morgan fingerprint density at radius 1 is 0.964 bits per heavy atom. The molecular formula is C24H23NO3. The molecule has 142 valence electrons. The van der Waals surface area contributed by atoms with E-state index in [0.29, 0.717) is 13.1 Å². The van der Waals surface area contributed by atoms with Gasteiger partial charge < -0.3 is 9.47 Å². The van der Waals surface area contributed by atoms with Crippen molar-refractivity contribution in [3.63, 3.8) is 0 Å². The highest BCUT2D eigenvalue weighted by atomic mass is 16.6. The van der Waals surface area contributed by atoms with Crippen LogP contribution in [0.2, 0.25) is 0 Å². The van der Waals surface area contributed by atoms with Gasteiger partial charge in [0.05, 0.1) is 6.54 Å². The van der Waals surface area contributed by atoms with Gasteiger partial charge in [0.1, 0.15) is 18.0 Å². The second-order valence-electron chi connectivity index (χ2n) is 6.98. The fraction of sp³-hybridized carbons (Fsp3) is 0.208. The van der Waals surface area contributed by atoms with Gasteiger partial charge in [-0.25, -0.2) is 4.79 Å². The number of nitrogens with zero attached hydrogens (tertiary/aromatic N) is 1. The van der Waals surface area contributed by atoms with E-state index in [0.717, 1.165) is 22.4 Å². The molecule has 0 bridgehead atoms. The highest BCUT2D eigenvalue weighted by molar-refractivity contribution is 5.70. The van der Waals surface area contributed by atoms with Crippen LogP contribution in [0.4, 0.5) is 4.79 Å². The van der Waals surface area contributed by atoms with Crippen molar-refractivity contribution in [2.75, 3.05) is 6.54 Å². The zero-order valence-corrected chi connectivity index (χ0v) is 15.8. The van der Waals surface area contributed by atoms with Crippen LogP contribution in [0, 0.1) is 0 Å². The van der Waals surface area contributed by atoms with Crippen LogP contribution in [0.5, 0.6) is 5.75 Å². The Bertz CT molecular complexity index is 910. The topological polar surface area (TPSA) is 38.8 Å². The summed E-state index contributed by atoms with van der Waals surface area (Å²) in [7, 11) is 0. The second-order valence-corrected chi connectivity index (χ2v) is 6.98. The molecule has 0 saturated carbocycles. The van der Waals surface area contributed by atoms with Gasteiger partial charge in [-0.2, -0.15) is 0 Å². The van der Waals surface area contributed by atoms with Gasteiger partial charge in [0.15, 0.2) is 0 Å². The smallest absolute Gasteiger partial charge is 0.410 e. The molecule has 1 saturated heterocycles. The Hall–Kier alpha value is -3.27. The summed E-state index contributed by atoms with van der Waals surface area (Å²) in [5.41, 5.74) is 3.21. The predicted octanol–water partition coefficient (Wildman–Crippen LogP) is 5.52. The first-order chi connectivity index (χ1) is 13.7. The molecule has 4 rings (SSSR count). The van der Waals surface area contributed by atoms with Crippen molar-refractivity contribution in [2.24, 2.45) is 0 Å². The molecule has 1 aliphatic rings. The van der Waals surface area contributed by atoms with E-state index in [9.17, 15) is 4.79 Å². The molecule has 3 aromatic carbocycles. The lowest BCUT2D eigenvalue weighted by Crippen LogP contribution is -2.23. The molecule has 0 aromatic heterocycles. The van der Waals surface area contributed by atoms with Crippen LogP contribution in [0.25, 0.3) is 0 Å². The Kier molecular flexibility index (Phi) is 5.29. The Morgan fingerprint density at radius 2 is 1.61 bits per heavy atom. The molecule has 28 heavy (non-hydrogen) atoms. The van der Waals surface area contributed by atoms with Gasteiger partial charge in [-0.3, -0.25) is 4.90 Å². The third-order valence-corrected chi connectivity index (χ3v) is 4.94. The van der Waals surface area contributed by atoms with Crippen molar-refractivity contribution in [1.29, 1.82) is 0 Å². The summed E-state index contributed by atoms with van der Waals surface area (Å²) >= 11 is 0. The van der Waals surface area contributed by atoms with Gasteiger partial charge in [0.25, 0.3) is 0 Å². The lowest BCUT2D eigenvalue weighted by atomic mass is 10.1. The lowest BCUT2D eigenvalue weighted by Gasteiger charge is -2.16. The average molecular weight is 373 g/mol. The van der Waals surface area contributed by atoms with Crippen molar-refractivity contribution < 1.29 is 14.3 Å². The Labute approximate surface area is 165 Å². The summed E-state index contributed by atoms with van der Waals surface area (Å²) in [6.45, 7) is 3.12. The average Bonchev–Trinajstić information content (AvgIpc) is 3.11. The molecule has 2 unspecified atom stereocenters. The summed E-state index contributed by atoms with van der Waals surface area (Å²) in [6.07, 6.45) is -0.498. The first kappa shape index (κ1) is 18.1. The standard InChI is InChI=1S/C24H23NO3/c1-18(20-8-4-2-5-9-20)27-22-14-12-19(13-15-22)16-25-17-23(28-24(25)26)21-10-6-3-7-11-21/h2-15,18,23H,16-17H2,1H3. The van der Waals surface area contributed by atoms with Crippen molar-refractivity contribution in [3.05, 3.63) is 102 Å². The summed E-state index contributed by atoms with van der Waals surface area (Å²) in [4.78, 5) is 13.9. The quantitative estimate of drug-likeness (QED) is 0.571. The van der Waals surface area contributed by atoms with Crippen LogP contribution < -0.4 is 4.74 Å². The van der Waals surface area contributed by atoms with E-state index >= 15 is 0 Å². The van der Waals surface area contributed by atoms with Crippen LogP contribution in [-0.2, 0) is 11.3 Å². The fourth-order valence-corrected chi connectivity index (χ4v) is 3.37. The molecule has 0 aliphatic carbocycles. The van der Waals surface area contributed by atoms with Gasteiger partial charge in [-0.05, 0) is 35.7 Å². The number of carbonyl (C=O) groups excluding carboxylic acids is 1. The maximum Gasteiger partial charge on any atom is 0.410 e. The van der Waals surface area contributed by atoms with Crippen molar-refractivity contribution in [2.45, 2.75) is 25.7 Å². The minimum absolute atomic E-state index is 0.0211. The normalized spacial score (nSPS) is 17.2. The second kappa shape index (κ2) is 8.17. The number of benzene rings is 3. The van der Waals surface area contributed by atoms with E-state index in [4.69, 9.17) is 9.47 Å². The molecule has 4 heteroatoms. The molecule has 0 N–H and O–H groups in total. The van der Waals surface area contributed by atoms with Crippen molar-refractivity contribution in [3.8, 4) is 5.75 Å². The lowest BCUT2D eigenvalue weighted by molar-refractivity contribution is 0.132. The minimum atomic E-state index is -0.271. The van der Waals surface area contributed by atoms with Crippen LogP contribution in [0.3, 0.4) is 0 Å². The number of hydrogen-bond acceptors (Lipinski definition) is 3. The Balaban J connectivity index is 1.36. The monoisotopic (exact) mass is 373 g/mol. The van der Waals surface area contributed by atoms with Gasteiger partial charge in [-0.1, -0.05) is 72.8 Å². The third kappa shape index (κ3) is 4.17. The maximum absolute atomic E-state index is 12.2. The maximum atomic E-state index is 12.2. The molecule has 3 aromatic rings. The number of cyclic esters (lactones) is 1. The highest BCUT2D eigenvalue weighted by Gasteiger charge is 2.32. The highest BCUT2D eigenvalue weighted by Crippen LogP contribution is 2.28. The molecule has 0 radical (unpaired) electrons. The summed E-state index contributed by atoms with van der Waals surface area (Å²) < 4.78 is 11.5. The van der Waals surface area contributed by atoms with Crippen molar-refractivity contribution >= 4 is 6.09 Å². The van der Waals surface area contributed by atoms with E-state index in [2.05, 4.69) is 12.1 Å². The number of rotatable bonds is 6. The van der Waals surface area contributed by atoms with Crippen LogP contribution >= 0.6 is 0 Å². The molecule has 2 atom stereocenters. The molecule has 1 amide bonds. The molecule has 1 heterocycles. The largest absolute Gasteiger partial charge is 0.486 e. The summed E-state index contributed by atoms with van der Waals surface area (Å²) in [5, 5.41) is 0. The van der Waals surface area contributed by atoms with E-state index in [-0.39, 0.29) is 18.3 Å².